The number of aromatic nitrogens is 1. The first kappa shape index (κ1) is 31.2. The fraction of sp³-hybridized carbons (Fsp3) is 0.400. The number of ether oxygens (including phenoxy) is 3. The topological polar surface area (TPSA) is 98.3 Å². The fourth-order valence-electron chi connectivity index (χ4n) is 3.95. The number of likely N-dealkylation sites (N-methyl/N-ethyl adjacent to an activating group) is 1. The van der Waals surface area contributed by atoms with Crippen LogP contribution in [0, 0.1) is 17.6 Å². The van der Waals surface area contributed by atoms with Gasteiger partial charge in [-0.1, -0.05) is 6.92 Å². The summed E-state index contributed by atoms with van der Waals surface area (Å²) in [4.78, 5) is 19.1. The largest absolute Gasteiger partial charge is 0.492 e. The van der Waals surface area contributed by atoms with Gasteiger partial charge in [-0.15, -0.1) is 0 Å². The number of rotatable bonds is 14. The van der Waals surface area contributed by atoms with Crippen LogP contribution in [0.3, 0.4) is 0 Å². The van der Waals surface area contributed by atoms with E-state index in [-0.39, 0.29) is 4.90 Å². The van der Waals surface area contributed by atoms with Gasteiger partial charge >= 0.3 is 0 Å². The summed E-state index contributed by atoms with van der Waals surface area (Å²) in [5.41, 5.74) is -0.255. The molecule has 1 aliphatic rings. The van der Waals surface area contributed by atoms with E-state index in [0.29, 0.717) is 53.6 Å². The number of benzene rings is 2. The number of nitrogens with zero attached hydrogens (tertiary/aromatic N) is 3. The molecule has 3 aromatic rings. The minimum Gasteiger partial charge on any atom is -0.492 e. The summed E-state index contributed by atoms with van der Waals surface area (Å²) >= 11 is 0. The zero-order valence-corrected chi connectivity index (χ0v) is 24.9. The fourth-order valence-corrected chi connectivity index (χ4v) is 5.06. The second kappa shape index (κ2) is 13.5. The maximum absolute atomic E-state index is 15.1. The highest BCUT2D eigenvalue weighted by atomic mass is 32.2. The first-order chi connectivity index (χ1) is 20.0. The minimum atomic E-state index is -4.36. The smallest absolute Gasteiger partial charge is 0.270 e. The van der Waals surface area contributed by atoms with E-state index in [9.17, 15) is 13.2 Å². The van der Waals surface area contributed by atoms with Crippen molar-refractivity contribution in [1.29, 1.82) is 0 Å². The summed E-state index contributed by atoms with van der Waals surface area (Å²) < 4.78 is 73.7. The van der Waals surface area contributed by atoms with Crippen LogP contribution in [0.4, 0.5) is 8.78 Å². The molecule has 4 rings (SSSR count). The second-order valence-corrected chi connectivity index (χ2v) is 12.3. The molecule has 1 heterocycles. The summed E-state index contributed by atoms with van der Waals surface area (Å²) in [7, 11) is 0.411. The van der Waals surface area contributed by atoms with E-state index >= 15 is 8.78 Å². The van der Waals surface area contributed by atoms with E-state index in [2.05, 4.69) is 4.98 Å². The maximum Gasteiger partial charge on any atom is 0.270 e. The Bertz CT molecular complexity index is 1480. The zero-order valence-electron chi connectivity index (χ0n) is 24.0. The third kappa shape index (κ3) is 7.54. The van der Waals surface area contributed by atoms with Gasteiger partial charge < -0.3 is 19.1 Å². The van der Waals surface area contributed by atoms with Crippen molar-refractivity contribution in [3.05, 3.63) is 77.6 Å². The summed E-state index contributed by atoms with van der Waals surface area (Å²) in [6.45, 7) is 3.51. The molecule has 9 nitrogen and oxygen atoms in total. The highest BCUT2D eigenvalue weighted by molar-refractivity contribution is 7.89. The van der Waals surface area contributed by atoms with E-state index in [1.54, 1.807) is 25.3 Å². The molecule has 0 saturated heterocycles. The SMILES string of the molecule is CC[C@@H](Oc1ccc(C(=O)N(C)S(=O)(=O)c2ccc(OCCN(C)C)cc2)c(F)c1F)c1ccc(OCC2CC2)cn1. The van der Waals surface area contributed by atoms with E-state index in [1.807, 2.05) is 19.0 Å². The van der Waals surface area contributed by atoms with Gasteiger partial charge in [0.25, 0.3) is 15.9 Å². The average molecular weight is 604 g/mol. The molecule has 0 aliphatic heterocycles. The normalized spacial score (nSPS) is 14.0. The Morgan fingerprint density at radius 1 is 0.976 bits per heavy atom. The van der Waals surface area contributed by atoms with Gasteiger partial charge in [-0.2, -0.15) is 4.39 Å². The van der Waals surface area contributed by atoms with Crippen LogP contribution in [-0.4, -0.2) is 69.4 Å². The van der Waals surface area contributed by atoms with Crippen molar-refractivity contribution >= 4 is 15.9 Å². The van der Waals surface area contributed by atoms with Crippen molar-refractivity contribution in [2.24, 2.45) is 5.92 Å². The van der Waals surface area contributed by atoms with Gasteiger partial charge in [0, 0.05) is 13.6 Å². The quantitative estimate of drug-likeness (QED) is 0.252. The van der Waals surface area contributed by atoms with Gasteiger partial charge in [-0.25, -0.2) is 17.1 Å². The summed E-state index contributed by atoms with van der Waals surface area (Å²) in [6, 6.07) is 11.0. The molecule has 42 heavy (non-hydrogen) atoms. The van der Waals surface area contributed by atoms with Gasteiger partial charge in [0.1, 0.15) is 24.2 Å². The molecule has 0 spiro atoms. The van der Waals surface area contributed by atoms with Gasteiger partial charge in [0.15, 0.2) is 11.6 Å². The molecule has 1 atom stereocenters. The number of sulfonamides is 1. The molecular weight excluding hydrogens is 568 g/mol. The monoisotopic (exact) mass is 603 g/mol. The number of carbonyl (C=O) groups excluding carboxylic acids is 1. The van der Waals surface area contributed by atoms with Gasteiger partial charge in [-0.05, 0) is 87.8 Å². The number of pyridine rings is 1. The molecule has 2 aromatic carbocycles. The van der Waals surface area contributed by atoms with E-state index in [1.165, 1.54) is 24.3 Å². The Labute approximate surface area is 245 Å². The standard InChI is InChI=1S/C30H35F2N3O6S/c1-5-26(25-14-10-22(18-33-25)40-19-20-6-7-20)41-27-15-13-24(28(31)29(27)32)30(36)35(4)42(37,38)23-11-8-21(9-12-23)39-17-16-34(2)3/h8-15,18,20,26H,5-7,16-17,19H2,1-4H3/t26-/m1/s1. The molecule has 1 saturated carbocycles. The van der Waals surface area contributed by atoms with E-state index < -0.39 is 45.0 Å². The molecule has 226 valence electrons. The second-order valence-electron chi connectivity index (χ2n) is 10.3. The number of hydrogen-bond donors (Lipinski definition) is 0. The first-order valence-corrected chi connectivity index (χ1v) is 15.1. The lowest BCUT2D eigenvalue weighted by Gasteiger charge is -2.20. The molecule has 1 amide bonds. The van der Waals surface area contributed by atoms with Crippen LogP contribution in [0.2, 0.25) is 0 Å². The van der Waals surface area contributed by atoms with Crippen LogP contribution in [0.1, 0.15) is 48.3 Å². The van der Waals surface area contributed by atoms with Crippen LogP contribution in [0.15, 0.2) is 59.6 Å². The first-order valence-electron chi connectivity index (χ1n) is 13.7. The van der Waals surface area contributed by atoms with Crippen molar-refractivity contribution in [3.63, 3.8) is 0 Å². The van der Waals surface area contributed by atoms with Crippen molar-refractivity contribution in [3.8, 4) is 17.2 Å². The van der Waals surface area contributed by atoms with Crippen LogP contribution < -0.4 is 14.2 Å². The lowest BCUT2D eigenvalue weighted by molar-refractivity contribution is 0.0877. The molecule has 0 bridgehead atoms. The number of amides is 1. The van der Waals surface area contributed by atoms with Crippen molar-refractivity contribution in [2.75, 3.05) is 40.9 Å². The Kier molecular flexibility index (Phi) is 10.00. The molecule has 0 unspecified atom stereocenters. The van der Waals surface area contributed by atoms with E-state index in [4.69, 9.17) is 14.2 Å². The van der Waals surface area contributed by atoms with Gasteiger partial charge in [-0.3, -0.25) is 9.78 Å². The summed E-state index contributed by atoms with van der Waals surface area (Å²) in [5, 5.41) is 0. The molecule has 0 radical (unpaired) electrons. The number of halogens is 2. The Hall–Kier alpha value is -3.77. The number of hydrogen-bond acceptors (Lipinski definition) is 8. The average Bonchev–Trinajstić information content (AvgIpc) is 3.81. The predicted molar refractivity (Wildman–Crippen MR) is 152 cm³/mol. The van der Waals surface area contributed by atoms with Crippen molar-refractivity contribution in [1.82, 2.24) is 14.2 Å². The van der Waals surface area contributed by atoms with Crippen molar-refractivity contribution < 1.29 is 36.2 Å². The van der Waals surface area contributed by atoms with Crippen LogP contribution in [0.5, 0.6) is 17.2 Å². The lowest BCUT2D eigenvalue weighted by Crippen LogP contribution is -2.34. The predicted octanol–water partition coefficient (Wildman–Crippen LogP) is 5.08. The molecule has 0 N–H and O–H groups in total. The Morgan fingerprint density at radius 3 is 2.26 bits per heavy atom. The number of carbonyl (C=O) groups is 1. The highest BCUT2D eigenvalue weighted by Crippen LogP contribution is 2.32. The minimum absolute atomic E-state index is 0.207. The molecule has 1 fully saturated rings. The highest BCUT2D eigenvalue weighted by Gasteiger charge is 2.30. The third-order valence-corrected chi connectivity index (χ3v) is 8.52. The van der Waals surface area contributed by atoms with Crippen LogP contribution in [-0.2, 0) is 10.0 Å². The molecule has 12 heteroatoms. The zero-order chi connectivity index (χ0) is 30.4. The Morgan fingerprint density at radius 2 is 1.67 bits per heavy atom. The molecule has 1 aliphatic carbocycles. The van der Waals surface area contributed by atoms with Gasteiger partial charge in [0.05, 0.1) is 29.0 Å². The summed E-state index contributed by atoms with van der Waals surface area (Å²) in [6.07, 6.45) is 3.59. The maximum atomic E-state index is 15.1. The van der Waals surface area contributed by atoms with E-state index in [0.717, 1.165) is 32.0 Å². The van der Waals surface area contributed by atoms with Crippen LogP contribution in [0.25, 0.3) is 0 Å². The van der Waals surface area contributed by atoms with Gasteiger partial charge in [0.2, 0.25) is 5.82 Å². The van der Waals surface area contributed by atoms with Crippen molar-refractivity contribution in [2.45, 2.75) is 37.2 Å². The van der Waals surface area contributed by atoms with Crippen LogP contribution >= 0.6 is 0 Å². The molecule has 1 aromatic heterocycles. The third-order valence-electron chi connectivity index (χ3n) is 6.76. The Balaban J connectivity index is 1.44. The molecular formula is C30H35F2N3O6S. The lowest BCUT2D eigenvalue weighted by atomic mass is 10.1. The summed E-state index contributed by atoms with van der Waals surface area (Å²) in [5.74, 6) is -2.93.